The number of hydrogen-bond acceptors (Lipinski definition) is 6. The summed E-state index contributed by atoms with van der Waals surface area (Å²) in [5, 5.41) is 4.48. The summed E-state index contributed by atoms with van der Waals surface area (Å²) in [6.07, 6.45) is 1.81. The van der Waals surface area contributed by atoms with Gasteiger partial charge in [0.15, 0.2) is 17.2 Å². The largest absolute Gasteiger partial charge is 0.497 e. The molecule has 32 heavy (non-hydrogen) atoms. The molecule has 1 aliphatic rings. The van der Waals surface area contributed by atoms with E-state index in [9.17, 15) is 4.79 Å². The number of rotatable bonds is 7. The van der Waals surface area contributed by atoms with Crippen molar-refractivity contribution in [1.82, 2.24) is 19.6 Å². The van der Waals surface area contributed by atoms with Gasteiger partial charge >= 0.3 is 0 Å². The number of carbonyl (C=O) groups excluding carboxylic acids is 1. The van der Waals surface area contributed by atoms with Crippen molar-refractivity contribution in [3.63, 3.8) is 0 Å². The molecule has 1 amide bonds. The lowest BCUT2D eigenvalue weighted by Gasteiger charge is -2.34. The molecule has 0 N–H and O–H groups in total. The van der Waals surface area contributed by atoms with E-state index in [4.69, 9.17) is 14.2 Å². The van der Waals surface area contributed by atoms with Gasteiger partial charge in [-0.1, -0.05) is 6.07 Å². The lowest BCUT2D eigenvalue weighted by molar-refractivity contribution is 0.0622. The predicted molar refractivity (Wildman–Crippen MR) is 121 cm³/mol. The molecule has 8 nitrogen and oxygen atoms in total. The smallest absolute Gasteiger partial charge is 0.274 e. The summed E-state index contributed by atoms with van der Waals surface area (Å²) >= 11 is 0. The molecule has 0 aliphatic carbocycles. The molecule has 0 spiro atoms. The molecular weight excluding hydrogens is 408 g/mol. The average Bonchev–Trinajstić information content (AvgIpc) is 3.34. The molecule has 3 aromatic rings. The van der Waals surface area contributed by atoms with Gasteiger partial charge in [0, 0.05) is 38.9 Å². The van der Waals surface area contributed by atoms with Crippen molar-refractivity contribution in [2.75, 3.05) is 47.5 Å². The molecule has 1 aliphatic heterocycles. The summed E-state index contributed by atoms with van der Waals surface area (Å²) in [6, 6.07) is 15.3. The highest BCUT2D eigenvalue weighted by molar-refractivity contribution is 5.92. The van der Waals surface area contributed by atoms with E-state index in [0.717, 1.165) is 48.1 Å². The number of benzene rings is 2. The molecule has 168 valence electrons. The van der Waals surface area contributed by atoms with Crippen molar-refractivity contribution >= 4 is 5.91 Å². The van der Waals surface area contributed by atoms with Crippen LogP contribution in [0.15, 0.2) is 54.7 Å². The Hall–Kier alpha value is -3.52. The molecule has 0 radical (unpaired) electrons. The lowest BCUT2D eigenvalue weighted by atomic mass is 10.1. The summed E-state index contributed by atoms with van der Waals surface area (Å²) in [5.41, 5.74) is 2.49. The Kier molecular flexibility index (Phi) is 6.61. The fourth-order valence-electron chi connectivity index (χ4n) is 3.83. The van der Waals surface area contributed by atoms with Crippen LogP contribution in [0.1, 0.15) is 16.1 Å². The SMILES string of the molecule is COc1ccc(-n2ccc(C(=O)N3CCN(Cc4ccc(OC)c(OC)c4)CC3)n2)cc1. The highest BCUT2D eigenvalue weighted by Gasteiger charge is 2.24. The third-order valence-electron chi connectivity index (χ3n) is 5.66. The van der Waals surface area contributed by atoms with Gasteiger partial charge in [-0.3, -0.25) is 9.69 Å². The Morgan fingerprint density at radius 3 is 2.25 bits per heavy atom. The van der Waals surface area contributed by atoms with Gasteiger partial charge in [0.05, 0.1) is 27.0 Å². The molecule has 1 fully saturated rings. The Bertz CT molecular complexity index is 1060. The van der Waals surface area contributed by atoms with Crippen molar-refractivity contribution in [1.29, 1.82) is 0 Å². The molecule has 8 heteroatoms. The first-order chi connectivity index (χ1) is 15.6. The molecule has 1 aromatic heterocycles. The van der Waals surface area contributed by atoms with Gasteiger partial charge in [0.2, 0.25) is 0 Å². The monoisotopic (exact) mass is 436 g/mol. The maximum absolute atomic E-state index is 12.9. The third kappa shape index (κ3) is 4.70. The number of hydrogen-bond donors (Lipinski definition) is 0. The number of aromatic nitrogens is 2. The van der Waals surface area contributed by atoms with Gasteiger partial charge in [0.25, 0.3) is 5.91 Å². The van der Waals surface area contributed by atoms with Gasteiger partial charge in [0.1, 0.15) is 5.75 Å². The minimum absolute atomic E-state index is 0.0389. The van der Waals surface area contributed by atoms with E-state index in [2.05, 4.69) is 10.00 Å². The molecule has 1 saturated heterocycles. The van der Waals surface area contributed by atoms with E-state index >= 15 is 0 Å². The predicted octanol–water partition coefficient (Wildman–Crippen LogP) is 2.86. The van der Waals surface area contributed by atoms with E-state index in [1.807, 2.05) is 53.6 Å². The first kappa shape index (κ1) is 21.7. The molecular formula is C24H28N4O4. The molecule has 0 saturated carbocycles. The maximum Gasteiger partial charge on any atom is 0.274 e. The van der Waals surface area contributed by atoms with Crippen LogP contribution in [0.25, 0.3) is 5.69 Å². The zero-order valence-corrected chi connectivity index (χ0v) is 18.7. The summed E-state index contributed by atoms with van der Waals surface area (Å²) in [7, 11) is 4.91. The average molecular weight is 437 g/mol. The summed E-state index contributed by atoms with van der Waals surface area (Å²) in [4.78, 5) is 17.1. The number of methoxy groups -OCH3 is 3. The van der Waals surface area contributed by atoms with Crippen LogP contribution in [0.3, 0.4) is 0 Å². The molecule has 0 unspecified atom stereocenters. The van der Waals surface area contributed by atoms with E-state index < -0.39 is 0 Å². The van der Waals surface area contributed by atoms with Crippen LogP contribution in [0.2, 0.25) is 0 Å². The van der Waals surface area contributed by atoms with Gasteiger partial charge in [-0.05, 0) is 48.0 Å². The van der Waals surface area contributed by atoms with Crippen molar-refractivity contribution in [3.05, 3.63) is 66.0 Å². The molecule has 2 heterocycles. The number of amides is 1. The van der Waals surface area contributed by atoms with Crippen LogP contribution in [0.4, 0.5) is 0 Å². The van der Waals surface area contributed by atoms with Crippen LogP contribution >= 0.6 is 0 Å². The van der Waals surface area contributed by atoms with Crippen molar-refractivity contribution in [2.45, 2.75) is 6.54 Å². The van der Waals surface area contributed by atoms with E-state index in [1.165, 1.54) is 0 Å². The minimum Gasteiger partial charge on any atom is -0.497 e. The summed E-state index contributed by atoms with van der Waals surface area (Å²) in [5.74, 6) is 2.19. The second-order valence-corrected chi connectivity index (χ2v) is 7.60. The molecule has 4 rings (SSSR count). The van der Waals surface area contributed by atoms with Crippen LogP contribution in [-0.2, 0) is 6.54 Å². The molecule has 0 bridgehead atoms. The van der Waals surface area contributed by atoms with Crippen LogP contribution in [0, 0.1) is 0 Å². The fourth-order valence-corrected chi connectivity index (χ4v) is 3.83. The first-order valence-electron chi connectivity index (χ1n) is 10.5. The maximum atomic E-state index is 12.9. The van der Waals surface area contributed by atoms with Crippen molar-refractivity contribution in [2.24, 2.45) is 0 Å². The number of piperazine rings is 1. The van der Waals surface area contributed by atoms with E-state index in [0.29, 0.717) is 18.8 Å². The van der Waals surface area contributed by atoms with Gasteiger partial charge in [-0.25, -0.2) is 4.68 Å². The van der Waals surface area contributed by atoms with Crippen LogP contribution in [0.5, 0.6) is 17.2 Å². The van der Waals surface area contributed by atoms with Gasteiger partial charge < -0.3 is 19.1 Å². The Morgan fingerprint density at radius 1 is 0.875 bits per heavy atom. The second kappa shape index (κ2) is 9.74. The number of carbonyl (C=O) groups is 1. The Morgan fingerprint density at radius 2 is 1.59 bits per heavy atom. The third-order valence-corrected chi connectivity index (χ3v) is 5.66. The second-order valence-electron chi connectivity index (χ2n) is 7.60. The topological polar surface area (TPSA) is 69.1 Å². The standard InChI is InChI=1S/C24H28N4O4/c1-30-20-7-5-19(6-8-20)28-11-10-21(25-28)24(29)27-14-12-26(13-15-27)17-18-4-9-22(31-2)23(16-18)32-3/h4-11,16H,12-15,17H2,1-3H3. The first-order valence-corrected chi connectivity index (χ1v) is 10.5. The minimum atomic E-state index is -0.0389. The lowest BCUT2D eigenvalue weighted by Crippen LogP contribution is -2.48. The van der Waals surface area contributed by atoms with Crippen molar-refractivity contribution in [3.8, 4) is 22.9 Å². The number of ether oxygens (including phenoxy) is 3. The van der Waals surface area contributed by atoms with E-state index in [-0.39, 0.29) is 5.91 Å². The highest BCUT2D eigenvalue weighted by atomic mass is 16.5. The van der Waals surface area contributed by atoms with E-state index in [1.54, 1.807) is 32.1 Å². The zero-order valence-electron chi connectivity index (χ0n) is 18.7. The molecule has 0 atom stereocenters. The molecule has 2 aromatic carbocycles. The highest BCUT2D eigenvalue weighted by Crippen LogP contribution is 2.28. The van der Waals surface area contributed by atoms with Crippen LogP contribution in [-0.4, -0.2) is 73.0 Å². The van der Waals surface area contributed by atoms with Gasteiger partial charge in [-0.15, -0.1) is 0 Å². The number of nitrogens with zero attached hydrogens (tertiary/aromatic N) is 4. The fraction of sp³-hybridized carbons (Fsp3) is 0.333. The van der Waals surface area contributed by atoms with Crippen molar-refractivity contribution < 1.29 is 19.0 Å². The Labute approximate surface area is 187 Å². The summed E-state index contributed by atoms with van der Waals surface area (Å²) < 4.78 is 17.6. The quantitative estimate of drug-likeness (QED) is 0.567. The van der Waals surface area contributed by atoms with Crippen LogP contribution < -0.4 is 14.2 Å². The normalized spacial score (nSPS) is 14.3. The van der Waals surface area contributed by atoms with Gasteiger partial charge in [-0.2, -0.15) is 5.10 Å². The summed E-state index contributed by atoms with van der Waals surface area (Å²) in [6.45, 7) is 3.75. The Balaban J connectivity index is 1.34. The zero-order chi connectivity index (χ0) is 22.5.